The molecule has 0 saturated carbocycles. The molecule has 23 heavy (non-hydrogen) atoms. The number of nitrogens with two attached hydrogens (primary N) is 1. The summed E-state index contributed by atoms with van der Waals surface area (Å²) in [4.78, 5) is 15.2. The number of hydrogen-bond acceptors (Lipinski definition) is 5. The van der Waals surface area contributed by atoms with Gasteiger partial charge < -0.3 is 16.4 Å². The summed E-state index contributed by atoms with van der Waals surface area (Å²) in [6.45, 7) is 1.97. The van der Waals surface area contributed by atoms with Crippen LogP contribution in [0.15, 0.2) is 53.8 Å². The largest absolute Gasteiger partial charge is 0.365 e. The van der Waals surface area contributed by atoms with E-state index in [-0.39, 0.29) is 0 Å². The molecule has 1 aromatic heterocycles. The third kappa shape index (κ3) is 3.00. The fourth-order valence-electron chi connectivity index (χ4n) is 2.48. The molecule has 3 rings (SSSR count). The van der Waals surface area contributed by atoms with E-state index in [4.69, 9.17) is 17.3 Å². The lowest BCUT2D eigenvalue weighted by Crippen LogP contribution is -2.42. The normalized spacial score (nSPS) is 19.8. The van der Waals surface area contributed by atoms with Gasteiger partial charge in [-0.15, -0.1) is 0 Å². The second-order valence-corrected chi connectivity index (χ2v) is 6.76. The standard InChI is InChI=1S/C16H15ClN4OS/c1-10-3-2-4-12(17)14(10)16(20-9-13(23-16)15(18)22)21-11-5-7-19-8-6-11/h2-9,20H,1H3,(H2,18,22)(H,19,21). The highest BCUT2D eigenvalue weighted by molar-refractivity contribution is 8.05. The Hall–Kier alpha value is -2.18. The molecule has 0 radical (unpaired) electrons. The maximum atomic E-state index is 11.6. The van der Waals surface area contributed by atoms with E-state index >= 15 is 0 Å². The van der Waals surface area contributed by atoms with Gasteiger partial charge in [-0.2, -0.15) is 0 Å². The second-order valence-electron chi connectivity index (χ2n) is 5.09. The molecule has 1 atom stereocenters. The van der Waals surface area contributed by atoms with Crippen LogP contribution in [0.1, 0.15) is 11.1 Å². The molecule has 1 amide bonds. The number of thioether (sulfide) groups is 1. The quantitative estimate of drug-likeness (QED) is 0.793. The minimum Gasteiger partial charge on any atom is -0.365 e. The molecule has 1 aliphatic rings. The molecule has 2 heterocycles. The maximum absolute atomic E-state index is 11.6. The number of aryl methyl sites for hydroxylation is 1. The second kappa shape index (κ2) is 6.14. The van der Waals surface area contributed by atoms with Crippen LogP contribution in [0.3, 0.4) is 0 Å². The van der Waals surface area contributed by atoms with Gasteiger partial charge in [-0.3, -0.25) is 9.78 Å². The fourth-order valence-corrected chi connectivity index (χ4v) is 4.10. The Morgan fingerprint density at radius 2 is 2.09 bits per heavy atom. The highest BCUT2D eigenvalue weighted by Crippen LogP contribution is 2.46. The SMILES string of the molecule is Cc1cccc(Cl)c1C1(Nc2ccncc2)NC=C(C(N)=O)S1. The smallest absolute Gasteiger partial charge is 0.256 e. The average molecular weight is 347 g/mol. The number of amides is 1. The molecule has 118 valence electrons. The third-order valence-corrected chi connectivity index (χ3v) is 5.07. The summed E-state index contributed by atoms with van der Waals surface area (Å²) in [6.07, 6.45) is 5.00. The molecule has 5 nitrogen and oxygen atoms in total. The number of nitrogens with one attached hydrogen (secondary N) is 2. The summed E-state index contributed by atoms with van der Waals surface area (Å²) in [5.74, 6) is -0.481. The predicted octanol–water partition coefficient (Wildman–Crippen LogP) is 2.93. The van der Waals surface area contributed by atoms with Crippen LogP contribution in [0.4, 0.5) is 5.69 Å². The van der Waals surface area contributed by atoms with Gasteiger partial charge in [0.1, 0.15) is 0 Å². The monoisotopic (exact) mass is 346 g/mol. The highest BCUT2D eigenvalue weighted by Gasteiger charge is 2.41. The van der Waals surface area contributed by atoms with E-state index in [1.165, 1.54) is 11.8 Å². The van der Waals surface area contributed by atoms with Crippen LogP contribution in [0.25, 0.3) is 0 Å². The summed E-state index contributed by atoms with van der Waals surface area (Å²) < 4.78 is 0. The van der Waals surface area contributed by atoms with Crippen molar-refractivity contribution in [3.63, 3.8) is 0 Å². The fraction of sp³-hybridized carbons (Fsp3) is 0.125. The van der Waals surface area contributed by atoms with Crippen LogP contribution < -0.4 is 16.4 Å². The number of pyridine rings is 1. The third-order valence-electron chi connectivity index (χ3n) is 3.49. The van der Waals surface area contributed by atoms with Gasteiger partial charge in [-0.25, -0.2) is 0 Å². The Morgan fingerprint density at radius 1 is 1.35 bits per heavy atom. The van der Waals surface area contributed by atoms with Crippen LogP contribution in [0.5, 0.6) is 0 Å². The first-order valence-corrected chi connectivity index (χ1v) is 8.12. The Kier molecular flexibility index (Phi) is 4.19. The molecule has 1 aromatic carbocycles. The molecule has 4 N–H and O–H groups in total. The Labute approximate surface area is 143 Å². The number of primary amides is 1. The molecule has 0 fully saturated rings. The van der Waals surface area contributed by atoms with Crippen LogP contribution in [-0.2, 0) is 9.79 Å². The number of hydrogen-bond donors (Lipinski definition) is 3. The van der Waals surface area contributed by atoms with Crippen molar-refractivity contribution in [1.29, 1.82) is 0 Å². The van der Waals surface area contributed by atoms with Gasteiger partial charge in [0, 0.05) is 34.9 Å². The molecule has 2 aromatic rings. The molecule has 0 aliphatic carbocycles. The lowest BCUT2D eigenvalue weighted by molar-refractivity contribution is -0.113. The number of halogens is 1. The minimum atomic E-state index is -0.811. The van der Waals surface area contributed by atoms with Crippen molar-refractivity contribution in [2.24, 2.45) is 5.73 Å². The van der Waals surface area contributed by atoms with E-state index in [1.54, 1.807) is 18.6 Å². The highest BCUT2D eigenvalue weighted by atomic mass is 35.5. The summed E-state index contributed by atoms with van der Waals surface area (Å²) in [5, 5.41) is 7.24. The number of benzene rings is 1. The first-order chi connectivity index (χ1) is 11.0. The van der Waals surface area contributed by atoms with Gasteiger partial charge in [0.2, 0.25) is 0 Å². The molecule has 0 spiro atoms. The lowest BCUT2D eigenvalue weighted by Gasteiger charge is -2.34. The number of rotatable bonds is 4. The number of carbonyl (C=O) groups is 1. The molecule has 7 heteroatoms. The van der Waals surface area contributed by atoms with Crippen molar-refractivity contribution in [1.82, 2.24) is 10.3 Å². The zero-order valence-corrected chi connectivity index (χ0v) is 13.9. The Morgan fingerprint density at radius 3 is 2.70 bits per heavy atom. The van der Waals surface area contributed by atoms with E-state index in [2.05, 4.69) is 15.6 Å². The Bertz CT molecular complexity index is 761. The zero-order valence-electron chi connectivity index (χ0n) is 12.3. The van der Waals surface area contributed by atoms with Crippen molar-refractivity contribution in [3.05, 3.63) is 70.0 Å². The van der Waals surface area contributed by atoms with Gasteiger partial charge in [0.15, 0.2) is 4.99 Å². The maximum Gasteiger partial charge on any atom is 0.256 e. The molecule has 1 aliphatic heterocycles. The molecule has 0 saturated heterocycles. The molecule has 1 unspecified atom stereocenters. The molecule has 0 bridgehead atoms. The van der Waals surface area contributed by atoms with Crippen molar-refractivity contribution in [2.45, 2.75) is 11.9 Å². The van der Waals surface area contributed by atoms with Crippen LogP contribution in [-0.4, -0.2) is 10.9 Å². The van der Waals surface area contributed by atoms with E-state index in [0.29, 0.717) is 9.93 Å². The van der Waals surface area contributed by atoms with Crippen molar-refractivity contribution in [2.75, 3.05) is 5.32 Å². The minimum absolute atomic E-state index is 0.436. The topological polar surface area (TPSA) is 80.0 Å². The van der Waals surface area contributed by atoms with Gasteiger partial charge in [-0.05, 0) is 30.7 Å². The molecular weight excluding hydrogens is 332 g/mol. The summed E-state index contributed by atoms with van der Waals surface area (Å²) in [7, 11) is 0. The van der Waals surface area contributed by atoms with Gasteiger partial charge in [0.25, 0.3) is 5.91 Å². The van der Waals surface area contributed by atoms with Crippen molar-refractivity contribution in [3.8, 4) is 0 Å². The van der Waals surface area contributed by atoms with Crippen LogP contribution in [0.2, 0.25) is 5.02 Å². The number of aromatic nitrogens is 1. The first-order valence-electron chi connectivity index (χ1n) is 6.92. The number of carbonyl (C=O) groups excluding carboxylic acids is 1. The van der Waals surface area contributed by atoms with Crippen molar-refractivity contribution < 1.29 is 4.79 Å². The Balaban J connectivity index is 2.07. The number of anilines is 1. The zero-order chi connectivity index (χ0) is 16.4. The van der Waals surface area contributed by atoms with E-state index < -0.39 is 10.9 Å². The van der Waals surface area contributed by atoms with E-state index in [1.807, 2.05) is 37.3 Å². The predicted molar refractivity (Wildman–Crippen MR) is 93.7 cm³/mol. The summed E-state index contributed by atoms with van der Waals surface area (Å²) >= 11 is 7.75. The van der Waals surface area contributed by atoms with E-state index in [0.717, 1.165) is 16.8 Å². The molecular formula is C16H15ClN4OS. The first kappa shape index (κ1) is 15.7. The number of nitrogens with zero attached hydrogens (tertiary/aromatic N) is 1. The van der Waals surface area contributed by atoms with Gasteiger partial charge in [-0.1, -0.05) is 35.5 Å². The average Bonchev–Trinajstić information content (AvgIpc) is 2.93. The van der Waals surface area contributed by atoms with Crippen LogP contribution in [0, 0.1) is 6.92 Å². The van der Waals surface area contributed by atoms with Crippen molar-refractivity contribution >= 4 is 35.0 Å². The van der Waals surface area contributed by atoms with Gasteiger partial charge in [0.05, 0.1) is 4.91 Å². The summed E-state index contributed by atoms with van der Waals surface area (Å²) in [5.41, 5.74) is 8.13. The lowest BCUT2D eigenvalue weighted by atomic mass is 10.1. The van der Waals surface area contributed by atoms with Crippen LogP contribution >= 0.6 is 23.4 Å². The van der Waals surface area contributed by atoms with E-state index in [9.17, 15) is 4.79 Å². The summed E-state index contributed by atoms with van der Waals surface area (Å²) in [6, 6.07) is 9.38. The van der Waals surface area contributed by atoms with Gasteiger partial charge >= 0.3 is 0 Å².